The maximum absolute atomic E-state index is 11.4. The van der Waals surface area contributed by atoms with E-state index in [1.54, 1.807) is 0 Å². The Morgan fingerprint density at radius 2 is 2.00 bits per heavy atom. The standard InChI is InChI=1S/C11H13O/c1-2-3-9-11(12)10-7-5-4-6-8-10/h2,4-8H,3,9H2,1H3. The average Bonchev–Trinajstić information content (AvgIpc) is 2.15. The molecule has 0 bridgehead atoms. The number of benzene rings is 1. The van der Waals surface area contributed by atoms with Crippen molar-refractivity contribution in [3.8, 4) is 0 Å². The van der Waals surface area contributed by atoms with Crippen LogP contribution in [0.15, 0.2) is 30.3 Å². The first-order valence-electron chi connectivity index (χ1n) is 4.20. The normalized spacial score (nSPS) is 9.75. The van der Waals surface area contributed by atoms with Crippen molar-refractivity contribution >= 4 is 5.78 Å². The molecule has 1 aromatic rings. The topological polar surface area (TPSA) is 17.1 Å². The number of rotatable bonds is 4. The number of hydrogen-bond acceptors (Lipinski definition) is 1. The highest BCUT2D eigenvalue weighted by Gasteiger charge is 2.02. The van der Waals surface area contributed by atoms with Crippen LogP contribution in [0.2, 0.25) is 0 Å². The third kappa shape index (κ3) is 2.50. The van der Waals surface area contributed by atoms with Gasteiger partial charge in [-0.3, -0.25) is 4.79 Å². The fourth-order valence-electron chi connectivity index (χ4n) is 1.04. The third-order valence-corrected chi connectivity index (χ3v) is 1.76. The lowest BCUT2D eigenvalue weighted by Crippen LogP contribution is -1.97. The highest BCUT2D eigenvalue weighted by Crippen LogP contribution is 2.05. The Morgan fingerprint density at radius 3 is 2.58 bits per heavy atom. The van der Waals surface area contributed by atoms with E-state index in [0.717, 1.165) is 12.0 Å². The van der Waals surface area contributed by atoms with Crippen molar-refractivity contribution in [3.63, 3.8) is 0 Å². The quantitative estimate of drug-likeness (QED) is 0.620. The van der Waals surface area contributed by atoms with Gasteiger partial charge in [0.05, 0.1) is 0 Å². The van der Waals surface area contributed by atoms with Crippen molar-refractivity contribution in [3.05, 3.63) is 42.3 Å². The first-order chi connectivity index (χ1) is 5.84. The smallest absolute Gasteiger partial charge is 0.162 e. The number of carbonyl (C=O) groups is 1. The molecule has 1 rings (SSSR count). The molecule has 1 radical (unpaired) electrons. The predicted molar refractivity (Wildman–Crippen MR) is 50.0 cm³/mol. The SMILES string of the molecule is C[CH]CCC(=O)c1ccccc1. The van der Waals surface area contributed by atoms with Crippen molar-refractivity contribution in [2.24, 2.45) is 0 Å². The Labute approximate surface area is 73.4 Å². The van der Waals surface area contributed by atoms with Crippen LogP contribution in [0.3, 0.4) is 0 Å². The fraction of sp³-hybridized carbons (Fsp3) is 0.273. The molecule has 1 nitrogen and oxygen atoms in total. The van der Waals surface area contributed by atoms with Gasteiger partial charge in [-0.1, -0.05) is 37.3 Å². The molecule has 12 heavy (non-hydrogen) atoms. The molecule has 63 valence electrons. The summed E-state index contributed by atoms with van der Waals surface area (Å²) in [7, 11) is 0. The summed E-state index contributed by atoms with van der Waals surface area (Å²) in [5.74, 6) is 0.230. The van der Waals surface area contributed by atoms with E-state index in [0.29, 0.717) is 6.42 Å². The van der Waals surface area contributed by atoms with Crippen LogP contribution >= 0.6 is 0 Å². The van der Waals surface area contributed by atoms with Gasteiger partial charge in [-0.15, -0.1) is 0 Å². The number of ketones is 1. The van der Waals surface area contributed by atoms with Crippen molar-refractivity contribution < 1.29 is 4.79 Å². The minimum absolute atomic E-state index is 0.230. The van der Waals surface area contributed by atoms with Crippen LogP contribution < -0.4 is 0 Å². The minimum Gasteiger partial charge on any atom is -0.294 e. The second-order valence-corrected chi connectivity index (χ2v) is 2.74. The molecule has 0 saturated heterocycles. The maximum Gasteiger partial charge on any atom is 0.162 e. The number of unbranched alkanes of at least 4 members (excludes halogenated alkanes) is 1. The summed E-state index contributed by atoms with van der Waals surface area (Å²) < 4.78 is 0. The van der Waals surface area contributed by atoms with Gasteiger partial charge in [0.25, 0.3) is 0 Å². The zero-order valence-electron chi connectivity index (χ0n) is 7.29. The van der Waals surface area contributed by atoms with Crippen LogP contribution in [-0.2, 0) is 0 Å². The molecular formula is C11H13O. The molecule has 0 amide bonds. The van der Waals surface area contributed by atoms with E-state index in [4.69, 9.17) is 0 Å². The zero-order valence-corrected chi connectivity index (χ0v) is 7.29. The van der Waals surface area contributed by atoms with Gasteiger partial charge in [0.1, 0.15) is 0 Å². The Kier molecular flexibility index (Phi) is 3.52. The summed E-state index contributed by atoms with van der Waals surface area (Å²) in [6, 6.07) is 9.42. The highest BCUT2D eigenvalue weighted by atomic mass is 16.1. The molecular weight excluding hydrogens is 148 g/mol. The van der Waals surface area contributed by atoms with E-state index in [-0.39, 0.29) is 5.78 Å². The molecule has 0 aliphatic heterocycles. The molecule has 1 aromatic carbocycles. The van der Waals surface area contributed by atoms with Crippen molar-refractivity contribution in [1.29, 1.82) is 0 Å². The van der Waals surface area contributed by atoms with Crippen molar-refractivity contribution in [2.75, 3.05) is 0 Å². The Balaban J connectivity index is 2.54. The Bertz CT molecular complexity index is 238. The molecule has 0 aliphatic carbocycles. The van der Waals surface area contributed by atoms with Gasteiger partial charge >= 0.3 is 0 Å². The van der Waals surface area contributed by atoms with E-state index in [1.807, 2.05) is 43.7 Å². The fourth-order valence-corrected chi connectivity index (χ4v) is 1.04. The molecule has 0 N–H and O–H groups in total. The number of carbonyl (C=O) groups excluding carboxylic acids is 1. The van der Waals surface area contributed by atoms with E-state index in [1.165, 1.54) is 0 Å². The second kappa shape index (κ2) is 4.70. The molecule has 0 unspecified atom stereocenters. The largest absolute Gasteiger partial charge is 0.294 e. The third-order valence-electron chi connectivity index (χ3n) is 1.76. The molecule has 0 spiro atoms. The highest BCUT2D eigenvalue weighted by molar-refractivity contribution is 5.95. The first-order valence-corrected chi connectivity index (χ1v) is 4.20. The molecule has 0 aliphatic rings. The predicted octanol–water partition coefficient (Wildman–Crippen LogP) is 2.87. The van der Waals surface area contributed by atoms with E-state index < -0.39 is 0 Å². The number of Topliss-reactive ketones (excluding diaryl/α,β-unsaturated/α-hetero) is 1. The summed E-state index contributed by atoms with van der Waals surface area (Å²) in [5, 5.41) is 0. The maximum atomic E-state index is 11.4. The molecule has 0 heterocycles. The monoisotopic (exact) mass is 161 g/mol. The lowest BCUT2D eigenvalue weighted by molar-refractivity contribution is 0.0982. The Hall–Kier alpha value is -1.11. The molecule has 0 saturated carbocycles. The second-order valence-electron chi connectivity index (χ2n) is 2.74. The van der Waals surface area contributed by atoms with Crippen LogP contribution in [-0.4, -0.2) is 5.78 Å². The zero-order chi connectivity index (χ0) is 8.81. The van der Waals surface area contributed by atoms with Gasteiger partial charge in [0.15, 0.2) is 5.78 Å². The summed E-state index contributed by atoms with van der Waals surface area (Å²) in [6.07, 6.45) is 3.51. The lowest BCUT2D eigenvalue weighted by atomic mass is 10.1. The van der Waals surface area contributed by atoms with Gasteiger partial charge in [0.2, 0.25) is 0 Å². The van der Waals surface area contributed by atoms with Gasteiger partial charge in [-0.2, -0.15) is 0 Å². The average molecular weight is 161 g/mol. The van der Waals surface area contributed by atoms with Crippen LogP contribution in [0.5, 0.6) is 0 Å². The van der Waals surface area contributed by atoms with Crippen LogP contribution in [0.1, 0.15) is 30.1 Å². The van der Waals surface area contributed by atoms with E-state index >= 15 is 0 Å². The van der Waals surface area contributed by atoms with Gasteiger partial charge < -0.3 is 0 Å². The Morgan fingerprint density at radius 1 is 1.33 bits per heavy atom. The number of hydrogen-bond donors (Lipinski definition) is 0. The molecule has 0 aromatic heterocycles. The molecule has 0 fully saturated rings. The minimum atomic E-state index is 0.230. The lowest BCUT2D eigenvalue weighted by Gasteiger charge is -1.97. The van der Waals surface area contributed by atoms with Crippen LogP contribution in [0.4, 0.5) is 0 Å². The van der Waals surface area contributed by atoms with Crippen molar-refractivity contribution in [2.45, 2.75) is 19.8 Å². The summed E-state index contributed by atoms with van der Waals surface area (Å²) in [6.45, 7) is 1.97. The van der Waals surface area contributed by atoms with Gasteiger partial charge in [-0.25, -0.2) is 0 Å². The summed E-state index contributed by atoms with van der Waals surface area (Å²) in [5.41, 5.74) is 0.819. The van der Waals surface area contributed by atoms with Crippen LogP contribution in [0, 0.1) is 6.42 Å². The first kappa shape index (κ1) is 8.98. The van der Waals surface area contributed by atoms with Crippen molar-refractivity contribution in [1.82, 2.24) is 0 Å². The van der Waals surface area contributed by atoms with E-state index in [2.05, 4.69) is 0 Å². The molecule has 0 atom stereocenters. The van der Waals surface area contributed by atoms with Gasteiger partial charge in [0, 0.05) is 12.0 Å². The van der Waals surface area contributed by atoms with E-state index in [9.17, 15) is 4.79 Å². The van der Waals surface area contributed by atoms with Crippen LogP contribution in [0.25, 0.3) is 0 Å². The summed E-state index contributed by atoms with van der Waals surface area (Å²) in [4.78, 5) is 11.4. The van der Waals surface area contributed by atoms with Gasteiger partial charge in [-0.05, 0) is 12.8 Å². The summed E-state index contributed by atoms with van der Waals surface area (Å²) >= 11 is 0. The molecule has 1 heteroatoms.